The summed E-state index contributed by atoms with van der Waals surface area (Å²) in [5.74, 6) is -0.0270. The molecular formula is C30H30N2OP+. The summed E-state index contributed by atoms with van der Waals surface area (Å²) in [6.45, 7) is 0. The second-order valence-corrected chi connectivity index (χ2v) is 11.7. The van der Waals surface area contributed by atoms with Crippen LogP contribution in [-0.2, 0) is 0 Å². The molecule has 34 heavy (non-hydrogen) atoms. The van der Waals surface area contributed by atoms with E-state index in [1.807, 2.05) is 79.5 Å². The number of amides is 1. The van der Waals surface area contributed by atoms with Gasteiger partial charge < -0.3 is 4.90 Å². The zero-order valence-corrected chi connectivity index (χ0v) is 20.8. The lowest BCUT2D eigenvalue weighted by molar-refractivity contribution is 0.0843. The predicted molar refractivity (Wildman–Crippen MR) is 145 cm³/mol. The van der Waals surface area contributed by atoms with Crippen molar-refractivity contribution in [2.45, 2.75) is 0 Å². The lowest BCUT2D eigenvalue weighted by Gasteiger charge is -2.34. The molecule has 1 amide bonds. The summed E-state index contributed by atoms with van der Waals surface area (Å²) >= 11 is 0. The maximum atomic E-state index is 13.8. The van der Waals surface area contributed by atoms with E-state index < -0.39 is 7.26 Å². The van der Waals surface area contributed by atoms with Gasteiger partial charge in [0.2, 0.25) is 0 Å². The highest BCUT2D eigenvalue weighted by molar-refractivity contribution is 7.99. The molecular weight excluding hydrogens is 435 g/mol. The first-order chi connectivity index (χ1) is 16.5. The van der Waals surface area contributed by atoms with Gasteiger partial charge in [-0.2, -0.15) is 0 Å². The molecule has 0 fully saturated rings. The van der Waals surface area contributed by atoms with E-state index in [-0.39, 0.29) is 5.91 Å². The SMILES string of the molecule is CN(C)/C=C(/N(C)C(=O)c1ccccc1)[P+](c1ccccc1)(c1ccccc1)c1ccccc1. The summed E-state index contributed by atoms with van der Waals surface area (Å²) in [4.78, 5) is 17.7. The fourth-order valence-corrected chi connectivity index (χ4v) is 8.80. The highest BCUT2D eigenvalue weighted by Crippen LogP contribution is 2.63. The van der Waals surface area contributed by atoms with Gasteiger partial charge >= 0.3 is 0 Å². The zero-order valence-electron chi connectivity index (χ0n) is 19.9. The standard InChI is InChI=1S/C30H30N2OP/c1-31(2)24-29(32(3)30(33)25-16-8-4-9-17-25)34(26-18-10-5-11-19-26,27-20-12-6-13-21-27)28-22-14-7-15-23-28/h4-24H,1-3H3/q+1/b29-24-. The van der Waals surface area contributed by atoms with E-state index in [0.29, 0.717) is 5.56 Å². The first kappa shape index (κ1) is 23.5. The number of hydrogen-bond acceptors (Lipinski definition) is 2. The minimum Gasteiger partial charge on any atom is -0.379 e. The van der Waals surface area contributed by atoms with Crippen LogP contribution in [-0.4, -0.2) is 36.9 Å². The van der Waals surface area contributed by atoms with Crippen LogP contribution in [0.3, 0.4) is 0 Å². The summed E-state index contributed by atoms with van der Waals surface area (Å²) in [5.41, 5.74) is 1.65. The Hall–Kier alpha value is -3.68. The third kappa shape index (κ3) is 4.53. The van der Waals surface area contributed by atoms with Crippen molar-refractivity contribution < 1.29 is 4.79 Å². The molecule has 4 aromatic rings. The Morgan fingerprint density at radius 2 is 0.941 bits per heavy atom. The van der Waals surface area contributed by atoms with Crippen LogP contribution in [0.1, 0.15) is 10.4 Å². The molecule has 0 heterocycles. The molecule has 4 aromatic carbocycles. The van der Waals surface area contributed by atoms with E-state index in [1.54, 1.807) is 0 Å². The molecule has 4 rings (SSSR count). The molecule has 0 radical (unpaired) electrons. The molecule has 0 saturated carbocycles. The number of hydrogen-bond donors (Lipinski definition) is 0. The van der Waals surface area contributed by atoms with Gasteiger partial charge in [-0.25, -0.2) is 0 Å². The Morgan fingerprint density at radius 1 is 0.588 bits per heavy atom. The topological polar surface area (TPSA) is 23.6 Å². The second-order valence-electron chi connectivity index (χ2n) is 8.36. The lowest BCUT2D eigenvalue weighted by atomic mass is 10.2. The molecule has 170 valence electrons. The summed E-state index contributed by atoms with van der Waals surface area (Å²) in [6.07, 6.45) is 2.11. The minimum absolute atomic E-state index is 0.0270. The van der Waals surface area contributed by atoms with Gasteiger partial charge in [0.15, 0.2) is 12.7 Å². The van der Waals surface area contributed by atoms with Gasteiger partial charge in [-0.05, 0) is 48.5 Å². The van der Waals surface area contributed by atoms with Crippen molar-refractivity contribution in [3.63, 3.8) is 0 Å². The average Bonchev–Trinajstić information content (AvgIpc) is 2.90. The molecule has 4 heteroatoms. The number of carbonyl (C=O) groups is 1. The average molecular weight is 466 g/mol. The van der Waals surface area contributed by atoms with Crippen LogP contribution >= 0.6 is 7.26 Å². The Labute approximate surface area is 203 Å². The van der Waals surface area contributed by atoms with E-state index in [9.17, 15) is 4.79 Å². The highest BCUT2D eigenvalue weighted by Gasteiger charge is 2.52. The van der Waals surface area contributed by atoms with Crippen LogP contribution in [0.25, 0.3) is 0 Å². The van der Waals surface area contributed by atoms with E-state index >= 15 is 0 Å². The van der Waals surface area contributed by atoms with Gasteiger partial charge in [-0.15, -0.1) is 0 Å². The summed E-state index contributed by atoms with van der Waals surface area (Å²) < 4.78 is 0. The van der Waals surface area contributed by atoms with Crippen molar-refractivity contribution in [1.29, 1.82) is 0 Å². The van der Waals surface area contributed by atoms with E-state index in [2.05, 4.69) is 79.0 Å². The van der Waals surface area contributed by atoms with Crippen molar-refractivity contribution in [3.05, 3.63) is 139 Å². The summed E-state index contributed by atoms with van der Waals surface area (Å²) in [7, 11) is 3.49. The van der Waals surface area contributed by atoms with Crippen LogP contribution < -0.4 is 15.9 Å². The third-order valence-corrected chi connectivity index (χ3v) is 10.1. The monoisotopic (exact) mass is 465 g/mol. The highest BCUT2D eigenvalue weighted by atomic mass is 31.2. The van der Waals surface area contributed by atoms with Gasteiger partial charge in [0, 0.05) is 26.7 Å². The Balaban J connectivity index is 2.07. The van der Waals surface area contributed by atoms with E-state index in [1.165, 1.54) is 15.9 Å². The van der Waals surface area contributed by atoms with Crippen LogP contribution in [0.5, 0.6) is 0 Å². The number of carbonyl (C=O) groups excluding carboxylic acids is 1. The van der Waals surface area contributed by atoms with Gasteiger partial charge in [-0.1, -0.05) is 72.8 Å². The second kappa shape index (κ2) is 10.5. The summed E-state index contributed by atoms with van der Waals surface area (Å²) in [5, 5.41) is 3.61. The normalized spacial score (nSPS) is 11.7. The fourth-order valence-electron chi connectivity index (χ4n) is 4.31. The molecule has 0 spiro atoms. The third-order valence-electron chi connectivity index (χ3n) is 5.82. The number of benzene rings is 4. The zero-order chi connectivity index (χ0) is 24.0. The van der Waals surface area contributed by atoms with Gasteiger partial charge in [-0.3, -0.25) is 9.69 Å². The van der Waals surface area contributed by atoms with Crippen molar-refractivity contribution in [1.82, 2.24) is 9.80 Å². The maximum absolute atomic E-state index is 13.8. The minimum atomic E-state index is -2.42. The quantitative estimate of drug-likeness (QED) is 0.354. The van der Waals surface area contributed by atoms with Crippen LogP contribution in [0, 0.1) is 0 Å². The smallest absolute Gasteiger partial charge is 0.260 e. The van der Waals surface area contributed by atoms with Crippen LogP contribution in [0.15, 0.2) is 133 Å². The maximum Gasteiger partial charge on any atom is 0.260 e. The first-order valence-corrected chi connectivity index (χ1v) is 13.1. The largest absolute Gasteiger partial charge is 0.379 e. The van der Waals surface area contributed by atoms with Crippen molar-refractivity contribution in [2.75, 3.05) is 21.1 Å². The van der Waals surface area contributed by atoms with Crippen LogP contribution in [0.2, 0.25) is 0 Å². The van der Waals surface area contributed by atoms with Gasteiger partial charge in [0.1, 0.15) is 15.9 Å². The van der Waals surface area contributed by atoms with Gasteiger partial charge in [0.05, 0.1) is 6.20 Å². The molecule has 0 aliphatic carbocycles. The van der Waals surface area contributed by atoms with Crippen molar-refractivity contribution >= 4 is 29.1 Å². The molecule has 0 aliphatic rings. The van der Waals surface area contributed by atoms with Gasteiger partial charge in [0.25, 0.3) is 5.91 Å². The Kier molecular flexibility index (Phi) is 7.25. The molecule has 0 saturated heterocycles. The molecule has 3 nitrogen and oxygen atoms in total. The van der Waals surface area contributed by atoms with Crippen LogP contribution in [0.4, 0.5) is 0 Å². The molecule has 0 unspecified atom stereocenters. The summed E-state index contributed by atoms with van der Waals surface area (Å²) in [6, 6.07) is 41.3. The number of nitrogens with zero attached hydrogens (tertiary/aromatic N) is 2. The Bertz CT molecular complexity index is 1140. The van der Waals surface area contributed by atoms with Crippen molar-refractivity contribution in [3.8, 4) is 0 Å². The van der Waals surface area contributed by atoms with Crippen molar-refractivity contribution in [2.24, 2.45) is 0 Å². The van der Waals surface area contributed by atoms with E-state index in [4.69, 9.17) is 0 Å². The number of rotatable bonds is 7. The molecule has 0 bridgehead atoms. The first-order valence-electron chi connectivity index (χ1n) is 11.3. The van der Waals surface area contributed by atoms with E-state index in [0.717, 1.165) is 5.44 Å². The molecule has 0 N–H and O–H groups in total. The lowest BCUT2D eigenvalue weighted by Crippen LogP contribution is -2.40. The fraction of sp³-hybridized carbons (Fsp3) is 0.100. The Morgan fingerprint density at radius 3 is 1.29 bits per heavy atom. The molecule has 0 atom stereocenters. The predicted octanol–water partition coefficient (Wildman–Crippen LogP) is 5.11. The molecule has 0 aromatic heterocycles. The molecule has 0 aliphatic heterocycles.